The Hall–Kier alpha value is -3.83. The first kappa shape index (κ1) is 23.9. The number of nitrogens with one attached hydrogen (secondary N) is 1. The van der Waals surface area contributed by atoms with E-state index in [-0.39, 0.29) is 30.8 Å². The number of nitrogens with zero attached hydrogens (tertiary/aromatic N) is 5. The van der Waals surface area contributed by atoms with E-state index < -0.39 is 0 Å². The Kier molecular flexibility index (Phi) is 6.92. The predicted octanol–water partition coefficient (Wildman–Crippen LogP) is 2.77. The zero-order valence-corrected chi connectivity index (χ0v) is 19.9. The number of halogens is 1. The van der Waals surface area contributed by atoms with Gasteiger partial charge in [0.25, 0.3) is 5.56 Å². The average molecular weight is 495 g/mol. The van der Waals surface area contributed by atoms with Crippen molar-refractivity contribution in [1.29, 1.82) is 0 Å². The van der Waals surface area contributed by atoms with E-state index in [2.05, 4.69) is 25.4 Å². The molecule has 0 saturated carbocycles. The molecule has 4 aromatic rings. The molecule has 11 heteroatoms. The lowest BCUT2D eigenvalue weighted by Gasteiger charge is -2.30. The van der Waals surface area contributed by atoms with Gasteiger partial charge >= 0.3 is 0 Å². The SMILES string of the molecule is CC[C@@H](c1nnnn1Cc1ccc(F)cc1)N(CCCO)Cc1cc2cc3c(cc2[nH]c1=O)OCO3. The number of aromatic amines is 1. The summed E-state index contributed by atoms with van der Waals surface area (Å²) in [6.45, 7) is 3.46. The fourth-order valence-corrected chi connectivity index (χ4v) is 4.53. The van der Waals surface area contributed by atoms with Gasteiger partial charge in [-0.05, 0) is 53.1 Å². The van der Waals surface area contributed by atoms with Gasteiger partial charge in [-0.15, -0.1) is 5.10 Å². The van der Waals surface area contributed by atoms with Gasteiger partial charge in [0.2, 0.25) is 6.79 Å². The van der Waals surface area contributed by atoms with Crippen molar-refractivity contribution in [2.24, 2.45) is 0 Å². The summed E-state index contributed by atoms with van der Waals surface area (Å²) in [5, 5.41) is 22.7. The number of H-pyrrole nitrogens is 1. The van der Waals surface area contributed by atoms with Crippen LogP contribution in [0.25, 0.3) is 10.9 Å². The molecule has 3 heterocycles. The number of benzene rings is 2. The van der Waals surface area contributed by atoms with Crippen molar-refractivity contribution in [3.8, 4) is 11.5 Å². The number of pyridine rings is 1. The van der Waals surface area contributed by atoms with E-state index in [1.54, 1.807) is 22.9 Å². The van der Waals surface area contributed by atoms with Gasteiger partial charge in [0.1, 0.15) is 5.82 Å². The maximum absolute atomic E-state index is 13.3. The zero-order chi connectivity index (χ0) is 25.1. The summed E-state index contributed by atoms with van der Waals surface area (Å²) in [5.41, 5.74) is 1.92. The molecule has 0 radical (unpaired) electrons. The summed E-state index contributed by atoms with van der Waals surface area (Å²) in [6, 6.07) is 11.5. The molecular formula is C25H27FN6O4. The van der Waals surface area contributed by atoms with Crippen molar-refractivity contribution in [3.63, 3.8) is 0 Å². The highest BCUT2D eigenvalue weighted by molar-refractivity contribution is 5.83. The molecule has 0 spiro atoms. The molecule has 2 aromatic heterocycles. The Bertz CT molecular complexity index is 1400. The molecule has 0 unspecified atom stereocenters. The van der Waals surface area contributed by atoms with E-state index in [1.165, 1.54) is 12.1 Å². The van der Waals surface area contributed by atoms with Gasteiger partial charge in [-0.1, -0.05) is 19.1 Å². The van der Waals surface area contributed by atoms with Crippen LogP contribution in [0, 0.1) is 5.82 Å². The number of tetrazole rings is 1. The third-order valence-corrected chi connectivity index (χ3v) is 6.32. The second kappa shape index (κ2) is 10.4. The molecule has 0 aliphatic carbocycles. The van der Waals surface area contributed by atoms with Crippen molar-refractivity contribution in [1.82, 2.24) is 30.1 Å². The van der Waals surface area contributed by atoms with Crippen molar-refractivity contribution >= 4 is 10.9 Å². The fourth-order valence-electron chi connectivity index (χ4n) is 4.53. The van der Waals surface area contributed by atoms with Crippen LogP contribution in [-0.2, 0) is 13.1 Å². The number of aliphatic hydroxyl groups is 1. The van der Waals surface area contributed by atoms with Gasteiger partial charge in [-0.25, -0.2) is 9.07 Å². The molecule has 1 aliphatic heterocycles. The van der Waals surface area contributed by atoms with Crippen LogP contribution in [0.1, 0.15) is 42.8 Å². The standard InChI is InChI=1S/C25H27FN6O4/c1-2-21(24-28-29-30-32(24)13-16-4-6-19(26)7-5-16)31(8-3-9-33)14-18-10-17-11-22-23(36-15-35-22)12-20(17)27-25(18)34/h4-7,10-12,21,33H,2-3,8-9,13-15H2,1H3,(H,27,34)/t21-/m0/s1. The van der Waals surface area contributed by atoms with Crippen molar-refractivity contribution < 1.29 is 19.0 Å². The summed E-state index contributed by atoms with van der Waals surface area (Å²) in [6.07, 6.45) is 1.21. The maximum Gasteiger partial charge on any atom is 0.252 e. The lowest BCUT2D eigenvalue weighted by Crippen LogP contribution is -2.34. The Morgan fingerprint density at radius 3 is 2.72 bits per heavy atom. The number of rotatable bonds is 10. The van der Waals surface area contributed by atoms with E-state index >= 15 is 0 Å². The van der Waals surface area contributed by atoms with Gasteiger partial charge in [0.15, 0.2) is 17.3 Å². The van der Waals surface area contributed by atoms with Gasteiger partial charge in [0, 0.05) is 36.7 Å². The molecule has 1 atom stereocenters. The quantitative estimate of drug-likeness (QED) is 0.346. The molecule has 0 fully saturated rings. The Morgan fingerprint density at radius 1 is 1.19 bits per heavy atom. The van der Waals surface area contributed by atoms with Crippen LogP contribution in [0.4, 0.5) is 4.39 Å². The van der Waals surface area contributed by atoms with E-state index in [0.29, 0.717) is 60.9 Å². The molecule has 0 bridgehead atoms. The first-order chi connectivity index (χ1) is 17.6. The molecule has 10 nitrogen and oxygen atoms in total. The van der Waals surface area contributed by atoms with E-state index in [4.69, 9.17) is 9.47 Å². The lowest BCUT2D eigenvalue weighted by atomic mass is 10.1. The molecule has 0 amide bonds. The van der Waals surface area contributed by atoms with Gasteiger partial charge in [-0.3, -0.25) is 9.69 Å². The van der Waals surface area contributed by atoms with Crippen LogP contribution in [-0.4, -0.2) is 55.1 Å². The Balaban J connectivity index is 1.45. The molecular weight excluding hydrogens is 467 g/mol. The van der Waals surface area contributed by atoms with E-state index in [1.807, 2.05) is 19.1 Å². The van der Waals surface area contributed by atoms with E-state index in [9.17, 15) is 14.3 Å². The highest BCUT2D eigenvalue weighted by Gasteiger charge is 2.26. The van der Waals surface area contributed by atoms with Crippen LogP contribution in [0.5, 0.6) is 11.5 Å². The topological polar surface area (TPSA) is 118 Å². The number of hydrogen-bond acceptors (Lipinski definition) is 8. The first-order valence-electron chi connectivity index (χ1n) is 11.9. The normalized spacial score (nSPS) is 13.6. The molecule has 2 N–H and O–H groups in total. The smallest absolute Gasteiger partial charge is 0.252 e. The summed E-state index contributed by atoms with van der Waals surface area (Å²) in [4.78, 5) is 18.0. The molecule has 2 aromatic carbocycles. The average Bonchev–Trinajstić information content (AvgIpc) is 3.52. The number of aliphatic hydroxyl groups excluding tert-OH is 1. The van der Waals surface area contributed by atoms with Gasteiger partial charge in [0.05, 0.1) is 18.1 Å². The number of aromatic nitrogens is 5. The minimum absolute atomic E-state index is 0.0189. The minimum atomic E-state index is -0.304. The van der Waals surface area contributed by atoms with Crippen molar-refractivity contribution in [2.75, 3.05) is 19.9 Å². The molecule has 5 rings (SSSR count). The minimum Gasteiger partial charge on any atom is -0.454 e. The van der Waals surface area contributed by atoms with Crippen molar-refractivity contribution in [3.05, 3.63) is 75.6 Å². The summed E-state index contributed by atoms with van der Waals surface area (Å²) >= 11 is 0. The number of ether oxygens (including phenoxy) is 2. The van der Waals surface area contributed by atoms with Crippen molar-refractivity contribution in [2.45, 2.75) is 38.9 Å². The molecule has 36 heavy (non-hydrogen) atoms. The van der Waals surface area contributed by atoms with Gasteiger partial charge in [-0.2, -0.15) is 0 Å². The van der Waals surface area contributed by atoms with Crippen LogP contribution in [0.3, 0.4) is 0 Å². The van der Waals surface area contributed by atoms with Crippen LogP contribution >= 0.6 is 0 Å². The first-order valence-corrected chi connectivity index (χ1v) is 11.9. The lowest BCUT2D eigenvalue weighted by molar-refractivity contribution is 0.152. The highest BCUT2D eigenvalue weighted by atomic mass is 19.1. The highest BCUT2D eigenvalue weighted by Crippen LogP contribution is 2.35. The third-order valence-electron chi connectivity index (χ3n) is 6.32. The number of fused-ring (bicyclic) bond motifs is 2. The molecule has 1 aliphatic rings. The summed E-state index contributed by atoms with van der Waals surface area (Å²) in [5.74, 6) is 1.58. The van der Waals surface area contributed by atoms with Crippen LogP contribution < -0.4 is 15.0 Å². The van der Waals surface area contributed by atoms with Crippen LogP contribution in [0.15, 0.2) is 47.3 Å². The fraction of sp³-hybridized carbons (Fsp3) is 0.360. The number of hydrogen-bond donors (Lipinski definition) is 2. The second-order valence-electron chi connectivity index (χ2n) is 8.71. The summed E-state index contributed by atoms with van der Waals surface area (Å²) in [7, 11) is 0. The van der Waals surface area contributed by atoms with Gasteiger partial charge < -0.3 is 19.6 Å². The largest absolute Gasteiger partial charge is 0.454 e. The summed E-state index contributed by atoms with van der Waals surface area (Å²) < 4.78 is 25.9. The second-order valence-corrected chi connectivity index (χ2v) is 8.71. The van der Waals surface area contributed by atoms with Crippen LogP contribution in [0.2, 0.25) is 0 Å². The molecule has 188 valence electrons. The third kappa shape index (κ3) is 4.93. The Labute approximate surface area is 206 Å². The predicted molar refractivity (Wildman–Crippen MR) is 129 cm³/mol. The molecule has 0 saturated heterocycles. The zero-order valence-electron chi connectivity index (χ0n) is 19.9. The Morgan fingerprint density at radius 2 is 1.97 bits per heavy atom. The maximum atomic E-state index is 13.3. The van der Waals surface area contributed by atoms with E-state index in [0.717, 1.165) is 10.9 Å². The monoisotopic (exact) mass is 494 g/mol.